The molecule has 2 aromatic carbocycles. The van der Waals surface area contributed by atoms with Crippen molar-refractivity contribution >= 4 is 33.0 Å². The van der Waals surface area contributed by atoms with Gasteiger partial charge in [0.15, 0.2) is 0 Å². The number of alkyl carbamates (subject to hydrolysis) is 1. The molecule has 222 valence electrons. The number of amides is 1. The van der Waals surface area contributed by atoms with E-state index in [1.165, 1.54) is 3.97 Å². The Hall–Kier alpha value is -3.41. The highest BCUT2D eigenvalue weighted by Gasteiger charge is 2.47. The second-order valence-corrected chi connectivity index (χ2v) is 13.2. The van der Waals surface area contributed by atoms with Crippen molar-refractivity contribution in [3.05, 3.63) is 65.9 Å². The summed E-state index contributed by atoms with van der Waals surface area (Å²) in [6.07, 6.45) is 1.93. The van der Waals surface area contributed by atoms with E-state index in [1.807, 2.05) is 26.0 Å². The molecular weight excluding hydrogens is 546 g/mol. The topological polar surface area (TPSA) is 125 Å². The van der Waals surface area contributed by atoms with Crippen molar-refractivity contribution < 1.29 is 32.2 Å². The number of aromatic nitrogens is 1. The van der Waals surface area contributed by atoms with Crippen molar-refractivity contribution in [3.8, 4) is 0 Å². The lowest BCUT2D eigenvalue weighted by atomic mass is 9.83. The first kappa shape index (κ1) is 30.5. The number of fused-ring (bicyclic) bond motifs is 1. The number of ether oxygens (including phenoxy) is 3. The van der Waals surface area contributed by atoms with Crippen LogP contribution in [-0.4, -0.2) is 68.0 Å². The van der Waals surface area contributed by atoms with Gasteiger partial charge in [-0.2, -0.15) is 0 Å². The smallest absolute Gasteiger partial charge is 0.407 e. The number of hydrogen-bond acceptors (Lipinski definition) is 8. The van der Waals surface area contributed by atoms with Crippen molar-refractivity contribution in [1.82, 2.24) is 14.6 Å². The average molecular weight is 586 g/mol. The molecule has 0 saturated carbocycles. The van der Waals surface area contributed by atoms with Gasteiger partial charge in [-0.3, -0.25) is 10.1 Å². The molecule has 0 bridgehead atoms. The Kier molecular flexibility index (Phi) is 9.10. The maximum atomic E-state index is 13.7. The SMILES string of the molecule is CCCOC(=O)CNC1([C@@H](Cc2cn(S(=O)(=O)c3ccc(C)cc3)c3ccccc23)NC(=O)OC(C)(C)C)COC1. The first-order chi connectivity index (χ1) is 19.3. The Morgan fingerprint density at radius 3 is 2.39 bits per heavy atom. The number of nitrogens with one attached hydrogen (secondary N) is 2. The van der Waals surface area contributed by atoms with E-state index >= 15 is 0 Å². The molecule has 1 amide bonds. The van der Waals surface area contributed by atoms with Gasteiger partial charge in [-0.1, -0.05) is 42.8 Å². The first-order valence-electron chi connectivity index (χ1n) is 13.7. The number of rotatable bonds is 11. The fourth-order valence-electron chi connectivity index (χ4n) is 4.72. The lowest BCUT2D eigenvalue weighted by Gasteiger charge is -2.47. The summed E-state index contributed by atoms with van der Waals surface area (Å²) in [5.41, 5.74) is 0.652. The first-order valence-corrected chi connectivity index (χ1v) is 15.2. The number of hydrogen-bond donors (Lipinski definition) is 2. The predicted octanol–water partition coefficient (Wildman–Crippen LogP) is 3.93. The number of nitrogens with zero attached hydrogens (tertiary/aromatic N) is 1. The van der Waals surface area contributed by atoms with Gasteiger partial charge < -0.3 is 19.5 Å². The van der Waals surface area contributed by atoms with Gasteiger partial charge in [-0.25, -0.2) is 17.2 Å². The molecule has 0 radical (unpaired) electrons. The minimum absolute atomic E-state index is 0.0700. The van der Waals surface area contributed by atoms with Crippen molar-refractivity contribution in [2.75, 3.05) is 26.4 Å². The number of para-hydroxylation sites is 1. The van der Waals surface area contributed by atoms with E-state index in [0.29, 0.717) is 24.1 Å². The Morgan fingerprint density at radius 2 is 1.78 bits per heavy atom. The standard InChI is InChI=1S/C30H39N3O7S/c1-6-15-39-27(34)17-31-30(19-38-20-30)26(32-28(35)40-29(3,4)5)16-22-18-33(25-10-8-7-9-24(22)25)41(36,37)23-13-11-21(2)12-14-23/h7-14,18,26,31H,6,15-17,19-20H2,1-5H3,(H,32,35)/t26-/m1/s1. The Balaban J connectivity index is 1.71. The van der Waals surface area contributed by atoms with Gasteiger partial charge in [0.25, 0.3) is 10.0 Å². The molecule has 11 heteroatoms. The molecule has 1 aliphatic heterocycles. The fraction of sp³-hybridized carbons (Fsp3) is 0.467. The van der Waals surface area contributed by atoms with Gasteiger partial charge in [-0.15, -0.1) is 0 Å². The van der Waals surface area contributed by atoms with Crippen molar-refractivity contribution in [1.29, 1.82) is 0 Å². The number of carbonyl (C=O) groups is 2. The molecule has 1 saturated heterocycles. The van der Waals surface area contributed by atoms with Gasteiger partial charge >= 0.3 is 12.1 Å². The summed E-state index contributed by atoms with van der Waals surface area (Å²) in [6, 6.07) is 13.3. The van der Waals surface area contributed by atoms with E-state index in [-0.39, 0.29) is 31.1 Å². The maximum Gasteiger partial charge on any atom is 0.407 e. The summed E-state index contributed by atoms with van der Waals surface area (Å²) < 4.78 is 45.0. The zero-order valence-electron chi connectivity index (χ0n) is 24.2. The molecule has 41 heavy (non-hydrogen) atoms. The second kappa shape index (κ2) is 12.2. The third kappa shape index (κ3) is 7.09. The van der Waals surface area contributed by atoms with Crippen LogP contribution in [0.3, 0.4) is 0 Å². The zero-order chi connectivity index (χ0) is 29.8. The molecule has 0 spiro atoms. The molecule has 1 fully saturated rings. The van der Waals surface area contributed by atoms with Gasteiger partial charge in [0.05, 0.1) is 48.4 Å². The fourth-order valence-corrected chi connectivity index (χ4v) is 6.11. The summed E-state index contributed by atoms with van der Waals surface area (Å²) in [7, 11) is -3.90. The molecule has 1 aliphatic rings. The highest BCUT2D eigenvalue weighted by atomic mass is 32.2. The molecule has 0 unspecified atom stereocenters. The van der Waals surface area contributed by atoms with Crippen LogP contribution in [0.2, 0.25) is 0 Å². The van der Waals surface area contributed by atoms with E-state index in [0.717, 1.165) is 10.9 Å². The van der Waals surface area contributed by atoms with Crippen LogP contribution in [0.5, 0.6) is 0 Å². The van der Waals surface area contributed by atoms with Crippen LogP contribution in [0.15, 0.2) is 59.6 Å². The van der Waals surface area contributed by atoms with Crippen molar-refractivity contribution in [2.45, 2.75) is 69.5 Å². The molecule has 1 aromatic heterocycles. The quantitative estimate of drug-likeness (QED) is 0.325. The summed E-state index contributed by atoms with van der Waals surface area (Å²) >= 11 is 0. The molecule has 2 N–H and O–H groups in total. The largest absolute Gasteiger partial charge is 0.465 e. The van der Waals surface area contributed by atoms with Crippen LogP contribution in [0.1, 0.15) is 45.2 Å². The van der Waals surface area contributed by atoms with Gasteiger partial charge in [0, 0.05) is 11.6 Å². The van der Waals surface area contributed by atoms with Gasteiger partial charge in [0.1, 0.15) is 5.60 Å². The Labute approximate surface area is 241 Å². The lowest BCUT2D eigenvalue weighted by molar-refractivity contribution is -0.145. The van der Waals surface area contributed by atoms with Gasteiger partial charge in [-0.05, 0) is 64.3 Å². The normalized spacial score (nSPS) is 15.6. The molecular formula is C30H39N3O7S. The minimum Gasteiger partial charge on any atom is -0.465 e. The van der Waals surface area contributed by atoms with Crippen LogP contribution >= 0.6 is 0 Å². The van der Waals surface area contributed by atoms with Gasteiger partial charge in [0.2, 0.25) is 0 Å². The highest BCUT2D eigenvalue weighted by molar-refractivity contribution is 7.90. The van der Waals surface area contributed by atoms with E-state index in [9.17, 15) is 18.0 Å². The Bertz CT molecular complexity index is 1490. The number of carbonyl (C=O) groups excluding carboxylic acids is 2. The summed E-state index contributed by atoms with van der Waals surface area (Å²) in [5.74, 6) is -0.407. The molecule has 0 aliphatic carbocycles. The van der Waals surface area contributed by atoms with E-state index in [2.05, 4.69) is 10.6 Å². The molecule has 10 nitrogen and oxygen atoms in total. The van der Waals surface area contributed by atoms with Crippen LogP contribution in [0, 0.1) is 6.92 Å². The minimum atomic E-state index is -3.90. The maximum absolute atomic E-state index is 13.7. The lowest BCUT2D eigenvalue weighted by Crippen LogP contribution is -2.72. The highest BCUT2D eigenvalue weighted by Crippen LogP contribution is 2.31. The molecule has 4 rings (SSSR count). The van der Waals surface area contributed by atoms with E-state index in [1.54, 1.807) is 63.4 Å². The summed E-state index contributed by atoms with van der Waals surface area (Å²) in [5, 5.41) is 6.95. The number of esters is 1. The predicted molar refractivity (Wildman–Crippen MR) is 155 cm³/mol. The van der Waals surface area contributed by atoms with Crippen LogP contribution in [-0.2, 0) is 35.4 Å². The monoisotopic (exact) mass is 585 g/mol. The van der Waals surface area contributed by atoms with Crippen LogP contribution < -0.4 is 10.6 Å². The van der Waals surface area contributed by atoms with E-state index < -0.39 is 39.3 Å². The van der Waals surface area contributed by atoms with Crippen molar-refractivity contribution in [2.24, 2.45) is 0 Å². The average Bonchev–Trinajstić information content (AvgIpc) is 3.25. The molecule has 2 heterocycles. The summed E-state index contributed by atoms with van der Waals surface area (Å²) in [6.45, 7) is 9.84. The van der Waals surface area contributed by atoms with Crippen LogP contribution in [0.25, 0.3) is 10.9 Å². The van der Waals surface area contributed by atoms with Crippen LogP contribution in [0.4, 0.5) is 4.79 Å². The molecule has 1 atom stereocenters. The zero-order valence-corrected chi connectivity index (χ0v) is 25.0. The van der Waals surface area contributed by atoms with E-state index in [4.69, 9.17) is 14.2 Å². The van der Waals surface area contributed by atoms with Crippen molar-refractivity contribution in [3.63, 3.8) is 0 Å². The Morgan fingerprint density at radius 1 is 1.10 bits per heavy atom. The summed E-state index contributed by atoms with van der Waals surface area (Å²) in [4.78, 5) is 25.5. The third-order valence-electron chi connectivity index (χ3n) is 6.89. The number of aryl methyl sites for hydroxylation is 1. The number of benzene rings is 2. The molecule has 3 aromatic rings. The third-order valence-corrected chi connectivity index (χ3v) is 8.58. The second-order valence-electron chi connectivity index (χ2n) is 11.4.